The number of non-ortho nitro benzene ring substituents is 1. The second-order valence-corrected chi connectivity index (χ2v) is 7.52. The van der Waals surface area contributed by atoms with Crippen LogP contribution in [0, 0.1) is 10.1 Å². The number of hydrogen-bond acceptors (Lipinski definition) is 5. The second kappa shape index (κ2) is 7.26. The van der Waals surface area contributed by atoms with Gasteiger partial charge >= 0.3 is 6.09 Å². The van der Waals surface area contributed by atoms with Crippen LogP contribution in [0.3, 0.4) is 0 Å². The lowest BCUT2D eigenvalue weighted by atomic mass is 10.1. The Balaban J connectivity index is 1.47. The van der Waals surface area contributed by atoms with Gasteiger partial charge in [-0.15, -0.1) is 0 Å². The van der Waals surface area contributed by atoms with Crippen LogP contribution in [-0.2, 0) is 11.3 Å². The molecule has 0 radical (unpaired) electrons. The summed E-state index contributed by atoms with van der Waals surface area (Å²) in [6, 6.07) is 18.4. The molecule has 8 heteroatoms. The van der Waals surface area contributed by atoms with Crippen LogP contribution < -0.4 is 5.32 Å². The molecule has 0 saturated heterocycles. The zero-order valence-electron chi connectivity index (χ0n) is 14.5. The Kier molecular flexibility index (Phi) is 4.64. The van der Waals surface area contributed by atoms with Gasteiger partial charge in [-0.1, -0.05) is 12.1 Å². The molecule has 140 valence electrons. The van der Waals surface area contributed by atoms with Crippen LogP contribution in [0.25, 0.3) is 20.2 Å². The summed E-state index contributed by atoms with van der Waals surface area (Å²) in [5.41, 5.74) is 1.14. The number of carbonyl (C=O) groups excluding carboxylic acids is 1. The molecule has 1 heterocycles. The average molecular weight is 394 g/mol. The number of nitrogens with zero attached hydrogens (tertiary/aromatic N) is 1. The van der Waals surface area contributed by atoms with Crippen molar-refractivity contribution >= 4 is 48.4 Å². The van der Waals surface area contributed by atoms with E-state index in [1.165, 1.54) is 24.3 Å². The molecule has 7 nitrogen and oxygen atoms in total. The van der Waals surface area contributed by atoms with Crippen molar-refractivity contribution in [3.8, 4) is 0 Å². The van der Waals surface area contributed by atoms with Gasteiger partial charge in [-0.25, -0.2) is 4.79 Å². The molecule has 0 bridgehead atoms. The van der Waals surface area contributed by atoms with Crippen molar-refractivity contribution in [2.45, 2.75) is 6.61 Å². The van der Waals surface area contributed by atoms with E-state index in [0.717, 1.165) is 15.5 Å². The number of nitro benzene ring substituents is 1. The van der Waals surface area contributed by atoms with Crippen LogP contribution in [0.1, 0.15) is 5.56 Å². The fourth-order valence-electron chi connectivity index (χ4n) is 2.97. The summed E-state index contributed by atoms with van der Waals surface area (Å²) < 4.78 is 19.1. The topological polar surface area (TPSA) is 105 Å². The number of carbonyl (C=O) groups is 1. The highest BCUT2D eigenvalue weighted by atomic mass is 32.2. The van der Waals surface area contributed by atoms with Crippen LogP contribution in [-0.4, -0.2) is 15.6 Å². The van der Waals surface area contributed by atoms with Gasteiger partial charge in [0.05, 0.1) is 4.92 Å². The molecule has 0 spiro atoms. The predicted molar refractivity (Wildman–Crippen MR) is 107 cm³/mol. The van der Waals surface area contributed by atoms with Gasteiger partial charge in [0.1, 0.15) is 6.61 Å². The zero-order chi connectivity index (χ0) is 19.7. The Morgan fingerprint density at radius 3 is 2.46 bits per heavy atom. The third kappa shape index (κ3) is 3.38. The van der Waals surface area contributed by atoms with E-state index in [9.17, 15) is 19.5 Å². The zero-order valence-corrected chi connectivity index (χ0v) is 15.3. The van der Waals surface area contributed by atoms with E-state index in [1.54, 1.807) is 18.2 Å². The summed E-state index contributed by atoms with van der Waals surface area (Å²) in [5.74, 6) is 0. The van der Waals surface area contributed by atoms with Gasteiger partial charge in [0.15, 0.2) is 9.40 Å². The number of benzene rings is 3. The van der Waals surface area contributed by atoms with Crippen molar-refractivity contribution in [3.63, 3.8) is 0 Å². The first kappa shape index (κ1) is 17.9. The molecule has 28 heavy (non-hydrogen) atoms. The van der Waals surface area contributed by atoms with E-state index in [4.69, 9.17) is 4.74 Å². The molecule has 0 aliphatic carbocycles. The molecule has 0 saturated carbocycles. The van der Waals surface area contributed by atoms with E-state index in [2.05, 4.69) is 5.32 Å². The molecule has 1 unspecified atom stereocenters. The fourth-order valence-corrected chi connectivity index (χ4v) is 4.34. The Bertz CT molecular complexity index is 1200. The van der Waals surface area contributed by atoms with Gasteiger partial charge in [0.25, 0.3) is 5.69 Å². The first-order chi connectivity index (χ1) is 13.5. The number of thiophene rings is 1. The van der Waals surface area contributed by atoms with Gasteiger partial charge in [0.2, 0.25) is 0 Å². The molecular formula is C20H14N2O5S. The lowest BCUT2D eigenvalue weighted by Gasteiger charge is -2.07. The minimum atomic E-state index is -1.22. The quantitative estimate of drug-likeness (QED) is 0.284. The van der Waals surface area contributed by atoms with Gasteiger partial charge in [0, 0.05) is 34.7 Å². The fraction of sp³-hybridized carbons (Fsp3) is 0.0500. The molecular weight excluding hydrogens is 380 g/mol. The van der Waals surface area contributed by atoms with Crippen molar-refractivity contribution in [1.82, 2.24) is 0 Å². The maximum Gasteiger partial charge on any atom is 0.411 e. The summed E-state index contributed by atoms with van der Waals surface area (Å²) in [6.45, 7) is -0.0123. The molecule has 1 N–H and O–H groups in total. The largest absolute Gasteiger partial charge is 0.590 e. The van der Waals surface area contributed by atoms with E-state index in [0.29, 0.717) is 16.0 Å². The average Bonchev–Trinajstić information content (AvgIpc) is 2.99. The van der Waals surface area contributed by atoms with E-state index in [-0.39, 0.29) is 12.3 Å². The Hall–Kier alpha value is -3.49. The van der Waals surface area contributed by atoms with Gasteiger partial charge in [-0.05, 0) is 52.7 Å². The number of hydrogen-bond donors (Lipinski definition) is 1. The Morgan fingerprint density at radius 1 is 1.00 bits per heavy atom. The lowest BCUT2D eigenvalue weighted by molar-refractivity contribution is -0.384. The number of amides is 1. The minimum absolute atomic E-state index is 0.0123. The monoisotopic (exact) mass is 394 g/mol. The van der Waals surface area contributed by atoms with Crippen molar-refractivity contribution < 1.29 is 19.0 Å². The minimum Gasteiger partial charge on any atom is -0.590 e. The number of ether oxygens (including phenoxy) is 1. The number of nitrogens with one attached hydrogen (secondary N) is 1. The molecule has 0 fully saturated rings. The molecule has 4 aromatic rings. The number of rotatable bonds is 4. The van der Waals surface area contributed by atoms with E-state index in [1.807, 2.05) is 24.3 Å². The van der Waals surface area contributed by atoms with Gasteiger partial charge < -0.3 is 9.29 Å². The highest BCUT2D eigenvalue weighted by Crippen LogP contribution is 2.41. The van der Waals surface area contributed by atoms with Crippen LogP contribution in [0.15, 0.2) is 66.7 Å². The third-order valence-electron chi connectivity index (χ3n) is 4.32. The molecule has 1 atom stereocenters. The number of fused-ring (bicyclic) bond motifs is 3. The molecule has 0 aliphatic heterocycles. The maximum atomic E-state index is 12.5. The van der Waals surface area contributed by atoms with Crippen molar-refractivity contribution in [2.75, 3.05) is 5.32 Å². The Morgan fingerprint density at radius 2 is 1.71 bits per heavy atom. The third-order valence-corrected chi connectivity index (χ3v) is 5.83. The van der Waals surface area contributed by atoms with E-state index < -0.39 is 21.8 Å². The van der Waals surface area contributed by atoms with E-state index >= 15 is 0 Å². The van der Waals surface area contributed by atoms with Crippen molar-refractivity contribution in [2.24, 2.45) is 0 Å². The van der Waals surface area contributed by atoms with Crippen LogP contribution in [0.2, 0.25) is 0 Å². The summed E-state index contributed by atoms with van der Waals surface area (Å²) in [6.07, 6.45) is -0.647. The predicted octanol–water partition coefficient (Wildman–Crippen LogP) is 5.38. The first-order valence-electron chi connectivity index (χ1n) is 8.35. The van der Waals surface area contributed by atoms with Crippen LogP contribution >= 0.6 is 10.8 Å². The van der Waals surface area contributed by atoms with Gasteiger partial charge in [-0.2, -0.15) is 0 Å². The maximum absolute atomic E-state index is 12.5. The second-order valence-electron chi connectivity index (χ2n) is 6.10. The summed E-state index contributed by atoms with van der Waals surface area (Å²) in [4.78, 5) is 22.2. The smallest absolute Gasteiger partial charge is 0.411 e. The SMILES string of the molecule is O=C(Nc1ccc2c(c1)c1ccccc1[s+]2[O-])OCc1ccc([N+](=O)[O-])cc1. The number of nitro groups is 1. The molecule has 1 aromatic heterocycles. The highest BCUT2D eigenvalue weighted by Gasteiger charge is 2.16. The van der Waals surface area contributed by atoms with Crippen LogP contribution in [0.5, 0.6) is 0 Å². The molecule has 4 rings (SSSR count). The lowest BCUT2D eigenvalue weighted by Crippen LogP contribution is -2.13. The summed E-state index contributed by atoms with van der Waals surface area (Å²) in [7, 11) is -1.22. The van der Waals surface area contributed by atoms with Crippen molar-refractivity contribution in [1.29, 1.82) is 0 Å². The first-order valence-corrected chi connectivity index (χ1v) is 9.50. The molecule has 0 aliphatic rings. The molecule has 3 aromatic carbocycles. The van der Waals surface area contributed by atoms with Crippen LogP contribution in [0.4, 0.5) is 16.2 Å². The number of anilines is 1. The summed E-state index contributed by atoms with van der Waals surface area (Å²) in [5, 5.41) is 15.0. The standard InChI is InChI=1S/C20H14N2O5S/c23-20(27-12-13-5-8-15(9-6-13)22(24)25)21-14-7-10-19-17(11-14)16-3-1-2-4-18(16)28(19)26/h1-11H,12H2,(H,21,23). The van der Waals surface area contributed by atoms with Gasteiger partial charge in [-0.3, -0.25) is 15.4 Å². The highest BCUT2D eigenvalue weighted by molar-refractivity contribution is 7.37. The van der Waals surface area contributed by atoms with Crippen molar-refractivity contribution in [3.05, 3.63) is 82.4 Å². The Labute approximate surface area is 162 Å². The normalized spacial score (nSPS) is 11.5. The molecule has 1 amide bonds. The summed E-state index contributed by atoms with van der Waals surface area (Å²) >= 11 is 0.